The van der Waals surface area contributed by atoms with E-state index in [2.05, 4.69) is 10.6 Å². The Morgan fingerprint density at radius 2 is 2.16 bits per heavy atom. The molecule has 1 aliphatic heterocycles. The zero-order valence-corrected chi connectivity index (χ0v) is 11.6. The molecule has 2 rings (SSSR count). The number of rotatable bonds is 4. The Morgan fingerprint density at radius 1 is 1.37 bits per heavy atom. The molecule has 2 N–H and O–H groups in total. The highest BCUT2D eigenvalue weighted by Gasteiger charge is 2.23. The molecular formula is C15H23N3O. The van der Waals surface area contributed by atoms with Crippen LogP contribution in [0.15, 0.2) is 30.3 Å². The molecule has 1 atom stereocenters. The van der Waals surface area contributed by atoms with Crippen molar-refractivity contribution in [3.05, 3.63) is 30.3 Å². The largest absolute Gasteiger partial charge is 0.324 e. The van der Waals surface area contributed by atoms with E-state index in [-0.39, 0.29) is 6.03 Å². The molecule has 1 heterocycles. The summed E-state index contributed by atoms with van der Waals surface area (Å²) in [4.78, 5) is 14.1. The number of piperidine rings is 1. The second-order valence-electron chi connectivity index (χ2n) is 5.14. The van der Waals surface area contributed by atoms with Gasteiger partial charge in [-0.05, 0) is 50.9 Å². The smallest absolute Gasteiger partial charge is 0.321 e. The van der Waals surface area contributed by atoms with E-state index in [1.807, 2.05) is 42.3 Å². The highest BCUT2D eigenvalue weighted by atomic mass is 16.2. The third-order valence-corrected chi connectivity index (χ3v) is 3.63. The molecule has 1 saturated heterocycles. The molecule has 1 fully saturated rings. The van der Waals surface area contributed by atoms with E-state index in [0.29, 0.717) is 5.92 Å². The van der Waals surface area contributed by atoms with Gasteiger partial charge in [-0.1, -0.05) is 18.2 Å². The van der Waals surface area contributed by atoms with Gasteiger partial charge in [-0.25, -0.2) is 4.79 Å². The minimum absolute atomic E-state index is 0.0281. The Kier molecular flexibility index (Phi) is 5.21. The van der Waals surface area contributed by atoms with Crippen LogP contribution in [0.5, 0.6) is 0 Å². The van der Waals surface area contributed by atoms with Crippen LogP contribution in [0.4, 0.5) is 10.5 Å². The van der Waals surface area contributed by atoms with Crippen LogP contribution in [0.3, 0.4) is 0 Å². The summed E-state index contributed by atoms with van der Waals surface area (Å²) >= 11 is 0. The summed E-state index contributed by atoms with van der Waals surface area (Å²) in [6.45, 7) is 2.77. The summed E-state index contributed by atoms with van der Waals surface area (Å²) in [5.74, 6) is 0.628. The van der Waals surface area contributed by atoms with Crippen molar-refractivity contribution in [3.8, 4) is 0 Å². The number of carbonyl (C=O) groups is 1. The lowest BCUT2D eigenvalue weighted by Crippen LogP contribution is -2.42. The van der Waals surface area contributed by atoms with E-state index < -0.39 is 0 Å². The van der Waals surface area contributed by atoms with Crippen LogP contribution in [0.25, 0.3) is 0 Å². The number of benzene rings is 1. The number of nitrogens with zero attached hydrogens (tertiary/aromatic N) is 1. The van der Waals surface area contributed by atoms with Crippen molar-refractivity contribution in [1.82, 2.24) is 10.2 Å². The minimum atomic E-state index is 0.0281. The average Bonchev–Trinajstić information content (AvgIpc) is 2.46. The van der Waals surface area contributed by atoms with E-state index in [4.69, 9.17) is 0 Å². The maximum atomic E-state index is 12.2. The van der Waals surface area contributed by atoms with Crippen molar-refractivity contribution in [2.75, 3.05) is 32.0 Å². The fourth-order valence-electron chi connectivity index (χ4n) is 2.56. The molecule has 1 unspecified atom stereocenters. The summed E-state index contributed by atoms with van der Waals surface area (Å²) in [6, 6.07) is 9.68. The second kappa shape index (κ2) is 7.14. The first-order chi connectivity index (χ1) is 9.29. The third kappa shape index (κ3) is 4.24. The normalized spacial score (nSPS) is 19.2. The molecule has 4 heteroatoms. The van der Waals surface area contributed by atoms with Gasteiger partial charge < -0.3 is 15.5 Å². The third-order valence-electron chi connectivity index (χ3n) is 3.63. The Bertz CT molecular complexity index is 394. The van der Waals surface area contributed by atoms with Gasteiger partial charge in [-0.3, -0.25) is 0 Å². The van der Waals surface area contributed by atoms with Gasteiger partial charge in [0.25, 0.3) is 0 Å². The van der Waals surface area contributed by atoms with Gasteiger partial charge in [-0.15, -0.1) is 0 Å². The number of likely N-dealkylation sites (tertiary alicyclic amines) is 1. The fourth-order valence-corrected chi connectivity index (χ4v) is 2.56. The lowest BCUT2D eigenvalue weighted by Gasteiger charge is -2.32. The topological polar surface area (TPSA) is 44.4 Å². The number of hydrogen-bond acceptors (Lipinski definition) is 2. The van der Waals surface area contributed by atoms with E-state index in [0.717, 1.165) is 38.2 Å². The van der Waals surface area contributed by atoms with E-state index in [1.54, 1.807) is 0 Å². The predicted octanol–water partition coefficient (Wildman–Crippen LogP) is 2.54. The summed E-state index contributed by atoms with van der Waals surface area (Å²) in [5, 5.41) is 6.14. The molecule has 4 nitrogen and oxygen atoms in total. The van der Waals surface area contributed by atoms with E-state index in [1.165, 1.54) is 6.42 Å². The van der Waals surface area contributed by atoms with Gasteiger partial charge in [-0.2, -0.15) is 0 Å². The summed E-state index contributed by atoms with van der Waals surface area (Å²) in [6.07, 6.45) is 3.49. The molecule has 1 aliphatic rings. The maximum absolute atomic E-state index is 12.2. The number of nitrogens with one attached hydrogen (secondary N) is 2. The molecule has 1 aromatic carbocycles. The molecule has 0 aliphatic carbocycles. The molecule has 0 bridgehead atoms. The van der Waals surface area contributed by atoms with Crippen LogP contribution in [0.1, 0.15) is 19.3 Å². The summed E-state index contributed by atoms with van der Waals surface area (Å²) in [5.41, 5.74) is 0.866. The monoisotopic (exact) mass is 261 g/mol. The van der Waals surface area contributed by atoms with Crippen molar-refractivity contribution in [3.63, 3.8) is 0 Å². The summed E-state index contributed by atoms with van der Waals surface area (Å²) in [7, 11) is 1.97. The highest BCUT2D eigenvalue weighted by Crippen LogP contribution is 2.20. The number of carbonyl (C=O) groups excluding carboxylic acids is 1. The van der Waals surface area contributed by atoms with Crippen LogP contribution in [0.2, 0.25) is 0 Å². The van der Waals surface area contributed by atoms with Gasteiger partial charge >= 0.3 is 6.03 Å². The SMILES string of the molecule is CNCCC1CCCN(C(=O)Nc2ccccc2)C1. The molecule has 0 radical (unpaired) electrons. The zero-order valence-electron chi connectivity index (χ0n) is 11.6. The quantitative estimate of drug-likeness (QED) is 0.875. The molecule has 0 spiro atoms. The zero-order chi connectivity index (χ0) is 13.5. The molecule has 0 aromatic heterocycles. The van der Waals surface area contributed by atoms with Crippen molar-refractivity contribution in [1.29, 1.82) is 0 Å². The molecular weight excluding hydrogens is 238 g/mol. The first kappa shape index (κ1) is 13.9. The van der Waals surface area contributed by atoms with Gasteiger partial charge in [0.2, 0.25) is 0 Å². The number of hydrogen-bond donors (Lipinski definition) is 2. The van der Waals surface area contributed by atoms with Crippen molar-refractivity contribution in [2.45, 2.75) is 19.3 Å². The molecule has 0 saturated carbocycles. The van der Waals surface area contributed by atoms with Gasteiger partial charge in [0.1, 0.15) is 0 Å². The Balaban J connectivity index is 1.85. The van der Waals surface area contributed by atoms with Crippen molar-refractivity contribution in [2.24, 2.45) is 5.92 Å². The van der Waals surface area contributed by atoms with Gasteiger partial charge in [0.05, 0.1) is 0 Å². The Labute approximate surface area is 115 Å². The Morgan fingerprint density at radius 3 is 2.89 bits per heavy atom. The van der Waals surface area contributed by atoms with Crippen molar-refractivity contribution >= 4 is 11.7 Å². The average molecular weight is 261 g/mol. The van der Waals surface area contributed by atoms with Crippen molar-refractivity contribution < 1.29 is 4.79 Å². The first-order valence-electron chi connectivity index (χ1n) is 7.05. The van der Waals surface area contributed by atoms with Crippen LogP contribution in [0, 0.1) is 5.92 Å². The van der Waals surface area contributed by atoms with E-state index >= 15 is 0 Å². The second-order valence-corrected chi connectivity index (χ2v) is 5.14. The fraction of sp³-hybridized carbons (Fsp3) is 0.533. The molecule has 2 amide bonds. The van der Waals surface area contributed by atoms with Crippen LogP contribution in [-0.2, 0) is 0 Å². The number of amides is 2. The summed E-state index contributed by atoms with van der Waals surface area (Å²) < 4.78 is 0. The molecule has 104 valence electrons. The Hall–Kier alpha value is -1.55. The lowest BCUT2D eigenvalue weighted by molar-refractivity contribution is 0.174. The van der Waals surface area contributed by atoms with Crippen LogP contribution >= 0.6 is 0 Å². The van der Waals surface area contributed by atoms with Crippen LogP contribution < -0.4 is 10.6 Å². The predicted molar refractivity (Wildman–Crippen MR) is 78.3 cm³/mol. The number of anilines is 1. The number of urea groups is 1. The van der Waals surface area contributed by atoms with E-state index in [9.17, 15) is 4.79 Å². The standard InChI is InChI=1S/C15H23N3O/c1-16-10-9-13-6-5-11-18(12-13)15(19)17-14-7-3-2-4-8-14/h2-4,7-8,13,16H,5-6,9-12H2,1H3,(H,17,19). The molecule has 1 aromatic rings. The van der Waals surface area contributed by atoms with Crippen LogP contribution in [-0.4, -0.2) is 37.6 Å². The van der Waals surface area contributed by atoms with Gasteiger partial charge in [0.15, 0.2) is 0 Å². The first-order valence-corrected chi connectivity index (χ1v) is 7.05. The number of para-hydroxylation sites is 1. The van der Waals surface area contributed by atoms with Gasteiger partial charge in [0, 0.05) is 18.8 Å². The minimum Gasteiger partial charge on any atom is -0.324 e. The lowest BCUT2D eigenvalue weighted by atomic mass is 9.95. The highest BCUT2D eigenvalue weighted by molar-refractivity contribution is 5.89. The maximum Gasteiger partial charge on any atom is 0.321 e. The molecule has 19 heavy (non-hydrogen) atoms.